The Kier molecular flexibility index (Phi) is 3.12. The minimum Gasteiger partial charge on any atom is -0.330 e. The smallest absolute Gasteiger partial charge is 0.0953 e. The van der Waals surface area contributed by atoms with Crippen LogP contribution in [0.1, 0.15) is 55.3 Å². The number of nitrogens with two attached hydrogens (primary N) is 1. The van der Waals surface area contributed by atoms with Crippen LogP contribution in [-0.4, -0.2) is 11.5 Å². The first kappa shape index (κ1) is 11.1. The maximum Gasteiger partial charge on any atom is 0.0953 e. The van der Waals surface area contributed by atoms with E-state index in [-0.39, 0.29) is 5.41 Å². The molecule has 3 heteroatoms. The van der Waals surface area contributed by atoms with Crippen molar-refractivity contribution in [2.75, 3.05) is 6.54 Å². The average Bonchev–Trinajstić information content (AvgIpc) is 2.87. The zero-order chi connectivity index (χ0) is 10.9. The first-order valence-corrected chi connectivity index (χ1v) is 6.66. The quantitative estimate of drug-likeness (QED) is 0.857. The lowest BCUT2D eigenvalue weighted by atomic mass is 9.85. The Morgan fingerprint density at radius 3 is 2.60 bits per heavy atom. The highest BCUT2D eigenvalue weighted by molar-refractivity contribution is 7.11. The highest BCUT2D eigenvalue weighted by Gasteiger charge is 2.36. The van der Waals surface area contributed by atoms with Crippen molar-refractivity contribution in [2.45, 2.75) is 50.9 Å². The third-order valence-electron chi connectivity index (χ3n) is 3.49. The van der Waals surface area contributed by atoms with Gasteiger partial charge in [0.25, 0.3) is 0 Å². The van der Waals surface area contributed by atoms with Gasteiger partial charge in [-0.15, -0.1) is 11.3 Å². The molecule has 15 heavy (non-hydrogen) atoms. The van der Waals surface area contributed by atoms with Gasteiger partial charge in [-0.1, -0.05) is 26.7 Å². The van der Waals surface area contributed by atoms with E-state index < -0.39 is 0 Å². The summed E-state index contributed by atoms with van der Waals surface area (Å²) in [5, 5.41) is 1.25. The van der Waals surface area contributed by atoms with E-state index in [0.29, 0.717) is 5.92 Å². The third kappa shape index (κ3) is 1.95. The zero-order valence-corrected chi connectivity index (χ0v) is 10.4. The zero-order valence-electron chi connectivity index (χ0n) is 9.62. The summed E-state index contributed by atoms with van der Waals surface area (Å²) in [6.45, 7) is 5.19. The number of thiazole rings is 1. The average molecular weight is 224 g/mol. The largest absolute Gasteiger partial charge is 0.330 e. The van der Waals surface area contributed by atoms with Crippen LogP contribution in [0.2, 0.25) is 0 Å². The summed E-state index contributed by atoms with van der Waals surface area (Å²) in [5.41, 5.74) is 6.23. The van der Waals surface area contributed by atoms with Crippen molar-refractivity contribution in [3.05, 3.63) is 16.1 Å². The molecule has 0 atom stereocenters. The summed E-state index contributed by atoms with van der Waals surface area (Å²) in [6.07, 6.45) is 7.23. The molecular weight excluding hydrogens is 204 g/mol. The predicted octanol–water partition coefficient (Wildman–Crippen LogP) is 3.04. The summed E-state index contributed by atoms with van der Waals surface area (Å²) >= 11 is 1.87. The van der Waals surface area contributed by atoms with E-state index in [0.717, 1.165) is 6.54 Å². The van der Waals surface area contributed by atoms with Crippen LogP contribution in [0.15, 0.2) is 6.20 Å². The molecule has 0 radical (unpaired) electrons. The van der Waals surface area contributed by atoms with Crippen molar-refractivity contribution in [3.8, 4) is 0 Å². The fourth-order valence-electron chi connectivity index (χ4n) is 2.40. The second-order valence-corrected chi connectivity index (χ2v) is 5.97. The summed E-state index contributed by atoms with van der Waals surface area (Å²) in [5.74, 6) is 0.542. The van der Waals surface area contributed by atoms with Gasteiger partial charge in [-0.2, -0.15) is 0 Å². The van der Waals surface area contributed by atoms with Gasteiger partial charge >= 0.3 is 0 Å². The summed E-state index contributed by atoms with van der Waals surface area (Å²) < 4.78 is 0. The molecule has 0 aromatic carbocycles. The SMILES string of the molecule is CC(C)c1ncc(C2(CN)CCCC2)s1. The number of rotatable bonds is 3. The van der Waals surface area contributed by atoms with Crippen LogP contribution < -0.4 is 5.73 Å². The molecule has 2 nitrogen and oxygen atoms in total. The van der Waals surface area contributed by atoms with Gasteiger partial charge in [0.1, 0.15) is 0 Å². The van der Waals surface area contributed by atoms with Gasteiger partial charge in [-0.25, -0.2) is 4.98 Å². The normalized spacial score (nSPS) is 20.0. The Balaban J connectivity index is 2.27. The van der Waals surface area contributed by atoms with Gasteiger partial charge in [0.05, 0.1) is 5.01 Å². The summed E-state index contributed by atoms with van der Waals surface area (Å²) in [6, 6.07) is 0. The number of aromatic nitrogens is 1. The lowest BCUT2D eigenvalue weighted by Gasteiger charge is -2.25. The molecule has 0 unspecified atom stereocenters. The minimum absolute atomic E-state index is 0.269. The van der Waals surface area contributed by atoms with Crippen LogP contribution in [0, 0.1) is 0 Å². The van der Waals surface area contributed by atoms with E-state index in [9.17, 15) is 0 Å². The molecule has 1 aliphatic carbocycles. The van der Waals surface area contributed by atoms with Crippen LogP contribution in [0.5, 0.6) is 0 Å². The van der Waals surface area contributed by atoms with Gasteiger partial charge in [0.2, 0.25) is 0 Å². The van der Waals surface area contributed by atoms with Gasteiger partial charge in [0.15, 0.2) is 0 Å². The maximum atomic E-state index is 5.97. The molecule has 0 bridgehead atoms. The van der Waals surface area contributed by atoms with Crippen molar-refractivity contribution in [2.24, 2.45) is 5.73 Å². The molecule has 1 fully saturated rings. The molecule has 1 aromatic heterocycles. The molecule has 0 amide bonds. The van der Waals surface area contributed by atoms with Gasteiger partial charge in [0, 0.05) is 29.0 Å². The van der Waals surface area contributed by atoms with E-state index in [2.05, 4.69) is 25.0 Å². The van der Waals surface area contributed by atoms with Crippen LogP contribution in [0.4, 0.5) is 0 Å². The Labute approximate surface area is 95.9 Å². The van der Waals surface area contributed by atoms with Crippen molar-refractivity contribution in [1.82, 2.24) is 4.98 Å². The summed E-state index contributed by atoms with van der Waals surface area (Å²) in [4.78, 5) is 5.94. The Morgan fingerprint density at radius 1 is 1.47 bits per heavy atom. The van der Waals surface area contributed by atoms with E-state index in [1.54, 1.807) is 0 Å². The van der Waals surface area contributed by atoms with E-state index in [1.165, 1.54) is 35.6 Å². The molecule has 1 heterocycles. The molecule has 0 aliphatic heterocycles. The van der Waals surface area contributed by atoms with Crippen molar-refractivity contribution >= 4 is 11.3 Å². The first-order valence-electron chi connectivity index (χ1n) is 5.84. The van der Waals surface area contributed by atoms with Crippen LogP contribution in [0.3, 0.4) is 0 Å². The molecule has 2 rings (SSSR count). The second kappa shape index (κ2) is 4.22. The number of hydrogen-bond donors (Lipinski definition) is 1. The fourth-order valence-corrected chi connectivity index (χ4v) is 3.58. The fraction of sp³-hybridized carbons (Fsp3) is 0.750. The Morgan fingerprint density at radius 2 is 2.13 bits per heavy atom. The minimum atomic E-state index is 0.269. The first-order chi connectivity index (χ1) is 7.18. The van der Waals surface area contributed by atoms with E-state index >= 15 is 0 Å². The van der Waals surface area contributed by atoms with Crippen LogP contribution in [0.25, 0.3) is 0 Å². The van der Waals surface area contributed by atoms with Gasteiger partial charge in [-0.05, 0) is 12.8 Å². The highest BCUT2D eigenvalue weighted by atomic mass is 32.1. The lowest BCUT2D eigenvalue weighted by Crippen LogP contribution is -2.30. The van der Waals surface area contributed by atoms with Crippen LogP contribution in [-0.2, 0) is 5.41 Å². The molecule has 1 aliphatic rings. The molecular formula is C12H20N2S. The molecule has 2 N–H and O–H groups in total. The monoisotopic (exact) mass is 224 g/mol. The number of hydrogen-bond acceptors (Lipinski definition) is 3. The molecule has 84 valence electrons. The standard InChI is InChI=1S/C12H20N2S/c1-9(2)11-14-7-10(15-11)12(8-13)5-3-4-6-12/h7,9H,3-6,8,13H2,1-2H3. The summed E-state index contributed by atoms with van der Waals surface area (Å²) in [7, 11) is 0. The highest BCUT2D eigenvalue weighted by Crippen LogP contribution is 2.43. The second-order valence-electron chi connectivity index (χ2n) is 4.91. The Hall–Kier alpha value is -0.410. The van der Waals surface area contributed by atoms with Crippen molar-refractivity contribution < 1.29 is 0 Å². The van der Waals surface area contributed by atoms with E-state index in [4.69, 9.17) is 5.73 Å². The third-order valence-corrected chi connectivity index (χ3v) is 5.04. The van der Waals surface area contributed by atoms with E-state index in [1.807, 2.05) is 11.3 Å². The molecule has 1 saturated carbocycles. The number of nitrogens with zero attached hydrogens (tertiary/aromatic N) is 1. The Bertz CT molecular complexity index is 324. The van der Waals surface area contributed by atoms with Crippen molar-refractivity contribution in [3.63, 3.8) is 0 Å². The van der Waals surface area contributed by atoms with Crippen molar-refractivity contribution in [1.29, 1.82) is 0 Å². The molecule has 0 spiro atoms. The van der Waals surface area contributed by atoms with Gasteiger partial charge in [-0.3, -0.25) is 0 Å². The molecule has 1 aromatic rings. The molecule has 0 saturated heterocycles. The van der Waals surface area contributed by atoms with Gasteiger partial charge < -0.3 is 5.73 Å². The lowest BCUT2D eigenvalue weighted by molar-refractivity contribution is 0.461. The topological polar surface area (TPSA) is 38.9 Å². The van der Waals surface area contributed by atoms with Crippen LogP contribution >= 0.6 is 11.3 Å². The maximum absolute atomic E-state index is 5.97. The predicted molar refractivity (Wildman–Crippen MR) is 65.4 cm³/mol.